The molecule has 18 heavy (non-hydrogen) atoms. The molecule has 1 aliphatic rings. The van der Waals surface area contributed by atoms with E-state index in [2.05, 4.69) is 23.2 Å². The van der Waals surface area contributed by atoms with Crippen LogP contribution in [-0.4, -0.2) is 32.8 Å². The number of rotatable bonds is 3. The molecule has 1 atom stereocenters. The molecular weight excluding hydrogens is 248 g/mol. The van der Waals surface area contributed by atoms with E-state index in [4.69, 9.17) is 16.3 Å². The molecular formula is C14H21ClN2O. The summed E-state index contributed by atoms with van der Waals surface area (Å²) in [5, 5.41) is 4.24. The predicted molar refractivity (Wildman–Crippen MR) is 76.9 cm³/mol. The van der Waals surface area contributed by atoms with Crippen molar-refractivity contribution in [2.45, 2.75) is 25.8 Å². The molecule has 3 nitrogen and oxygen atoms in total. The fourth-order valence-corrected chi connectivity index (χ4v) is 2.55. The molecule has 0 saturated carbocycles. The third kappa shape index (κ3) is 3.09. The zero-order valence-corrected chi connectivity index (χ0v) is 11.8. The van der Waals surface area contributed by atoms with Crippen LogP contribution in [0.5, 0.6) is 5.75 Å². The molecule has 1 saturated heterocycles. The van der Waals surface area contributed by atoms with Gasteiger partial charge in [0, 0.05) is 30.9 Å². The van der Waals surface area contributed by atoms with Crippen LogP contribution in [-0.2, 0) is 0 Å². The number of hydrogen-bond acceptors (Lipinski definition) is 3. The largest absolute Gasteiger partial charge is 0.495 e. The van der Waals surface area contributed by atoms with E-state index in [0.717, 1.165) is 31.8 Å². The van der Waals surface area contributed by atoms with Gasteiger partial charge < -0.3 is 15.0 Å². The topological polar surface area (TPSA) is 24.5 Å². The van der Waals surface area contributed by atoms with Crippen LogP contribution >= 0.6 is 11.6 Å². The molecule has 0 spiro atoms. The maximum Gasteiger partial charge on any atom is 0.139 e. The van der Waals surface area contributed by atoms with Crippen molar-refractivity contribution < 1.29 is 4.74 Å². The zero-order chi connectivity index (χ0) is 13.0. The fraction of sp³-hybridized carbons (Fsp3) is 0.571. The lowest BCUT2D eigenvalue weighted by molar-refractivity contribution is 0.415. The van der Waals surface area contributed by atoms with E-state index in [1.54, 1.807) is 7.11 Å². The molecule has 0 aromatic heterocycles. The molecule has 1 unspecified atom stereocenters. The Kier molecular flexibility index (Phi) is 4.72. The Morgan fingerprint density at radius 3 is 3.06 bits per heavy atom. The first kappa shape index (κ1) is 13.5. The molecule has 1 heterocycles. The minimum Gasteiger partial charge on any atom is -0.495 e. The molecule has 0 aliphatic carbocycles. The first-order valence-electron chi connectivity index (χ1n) is 6.56. The number of anilines is 1. The van der Waals surface area contributed by atoms with Gasteiger partial charge in [0.2, 0.25) is 0 Å². The van der Waals surface area contributed by atoms with Crippen LogP contribution in [0.25, 0.3) is 0 Å². The Hall–Kier alpha value is -0.930. The van der Waals surface area contributed by atoms with Gasteiger partial charge in [0.15, 0.2) is 0 Å². The molecule has 1 N–H and O–H groups in total. The van der Waals surface area contributed by atoms with E-state index in [9.17, 15) is 0 Å². The fourth-order valence-electron chi connectivity index (χ4n) is 2.35. The predicted octanol–water partition coefficient (Wildman–Crippen LogP) is 2.93. The first-order chi connectivity index (χ1) is 8.74. The number of halogens is 1. The van der Waals surface area contributed by atoms with Crippen molar-refractivity contribution >= 4 is 17.3 Å². The lowest BCUT2D eigenvalue weighted by atomic mass is 10.2. The van der Waals surface area contributed by atoms with Crippen molar-refractivity contribution in [1.29, 1.82) is 0 Å². The first-order valence-corrected chi connectivity index (χ1v) is 6.94. The summed E-state index contributed by atoms with van der Waals surface area (Å²) in [7, 11) is 1.66. The highest BCUT2D eigenvalue weighted by Crippen LogP contribution is 2.29. The number of nitrogens with one attached hydrogen (secondary N) is 1. The summed E-state index contributed by atoms with van der Waals surface area (Å²) < 4.78 is 5.29. The van der Waals surface area contributed by atoms with Gasteiger partial charge in [-0.2, -0.15) is 0 Å². The molecule has 1 aliphatic heterocycles. The van der Waals surface area contributed by atoms with Gasteiger partial charge in [-0.25, -0.2) is 0 Å². The molecule has 1 aromatic carbocycles. The van der Waals surface area contributed by atoms with E-state index < -0.39 is 0 Å². The summed E-state index contributed by atoms with van der Waals surface area (Å²) in [5.41, 5.74) is 1.19. The van der Waals surface area contributed by atoms with Gasteiger partial charge in [-0.15, -0.1) is 0 Å². The summed E-state index contributed by atoms with van der Waals surface area (Å²) in [6, 6.07) is 6.58. The quantitative estimate of drug-likeness (QED) is 0.912. The van der Waals surface area contributed by atoms with Crippen molar-refractivity contribution in [3.63, 3.8) is 0 Å². The summed E-state index contributed by atoms with van der Waals surface area (Å²) in [4.78, 5) is 2.41. The second kappa shape index (κ2) is 6.30. The van der Waals surface area contributed by atoms with Crippen LogP contribution < -0.4 is 15.0 Å². The Bertz CT molecular complexity index is 397. The van der Waals surface area contributed by atoms with Gasteiger partial charge >= 0.3 is 0 Å². The van der Waals surface area contributed by atoms with Crippen LogP contribution in [0.1, 0.15) is 19.8 Å². The average Bonchev–Trinajstić information content (AvgIpc) is 2.64. The van der Waals surface area contributed by atoms with Crippen molar-refractivity contribution in [1.82, 2.24) is 5.32 Å². The number of methoxy groups -OCH3 is 1. The molecule has 1 fully saturated rings. The summed E-state index contributed by atoms with van der Waals surface area (Å²) in [6.07, 6.45) is 2.32. The summed E-state index contributed by atoms with van der Waals surface area (Å²) >= 11 is 6.07. The number of benzene rings is 1. The highest BCUT2D eigenvalue weighted by molar-refractivity contribution is 6.32. The van der Waals surface area contributed by atoms with Gasteiger partial charge in [0.1, 0.15) is 5.75 Å². The van der Waals surface area contributed by atoms with Gasteiger partial charge in [-0.3, -0.25) is 0 Å². The van der Waals surface area contributed by atoms with E-state index in [1.165, 1.54) is 12.1 Å². The van der Waals surface area contributed by atoms with Gasteiger partial charge in [-0.05, 0) is 31.5 Å². The molecule has 4 heteroatoms. The van der Waals surface area contributed by atoms with Gasteiger partial charge in [0.05, 0.1) is 12.1 Å². The maximum absolute atomic E-state index is 6.07. The second-order valence-electron chi connectivity index (χ2n) is 4.68. The number of ether oxygens (including phenoxy) is 1. The molecule has 0 bridgehead atoms. The molecule has 0 radical (unpaired) electrons. The van der Waals surface area contributed by atoms with Crippen LogP contribution in [0.3, 0.4) is 0 Å². The number of hydrogen-bond donors (Lipinski definition) is 1. The van der Waals surface area contributed by atoms with Crippen molar-refractivity contribution in [2.75, 3.05) is 31.6 Å². The van der Waals surface area contributed by atoms with E-state index in [1.807, 2.05) is 12.1 Å². The second-order valence-corrected chi connectivity index (χ2v) is 5.08. The van der Waals surface area contributed by atoms with E-state index in [0.29, 0.717) is 11.1 Å². The van der Waals surface area contributed by atoms with Crippen LogP contribution in [0.4, 0.5) is 5.69 Å². The molecule has 0 amide bonds. The van der Waals surface area contributed by atoms with Crippen molar-refractivity contribution in [2.24, 2.45) is 0 Å². The van der Waals surface area contributed by atoms with Crippen molar-refractivity contribution in [3.05, 3.63) is 23.2 Å². The average molecular weight is 269 g/mol. The van der Waals surface area contributed by atoms with Crippen molar-refractivity contribution in [3.8, 4) is 5.75 Å². The number of nitrogens with zero attached hydrogens (tertiary/aromatic N) is 1. The van der Waals surface area contributed by atoms with Gasteiger partial charge in [-0.1, -0.05) is 18.5 Å². The third-order valence-electron chi connectivity index (χ3n) is 3.47. The maximum atomic E-state index is 6.07. The molecule has 100 valence electrons. The third-order valence-corrected chi connectivity index (χ3v) is 3.78. The summed E-state index contributed by atoms with van der Waals surface area (Å²) in [6.45, 7) is 5.44. The van der Waals surface area contributed by atoms with Gasteiger partial charge in [0.25, 0.3) is 0 Å². The summed E-state index contributed by atoms with van der Waals surface area (Å²) in [5.74, 6) is 0.749. The zero-order valence-electron chi connectivity index (χ0n) is 11.1. The Morgan fingerprint density at radius 1 is 1.50 bits per heavy atom. The SMILES string of the molecule is CCC1CN(c2ccc(Cl)c(OC)c2)CCCN1. The van der Waals surface area contributed by atoms with Crippen LogP contribution in [0.2, 0.25) is 5.02 Å². The van der Waals surface area contributed by atoms with Crippen LogP contribution in [0, 0.1) is 0 Å². The monoisotopic (exact) mass is 268 g/mol. The Labute approximate surface area is 114 Å². The van der Waals surface area contributed by atoms with Crippen LogP contribution in [0.15, 0.2) is 18.2 Å². The Morgan fingerprint density at radius 2 is 2.33 bits per heavy atom. The normalized spacial score (nSPS) is 20.6. The highest BCUT2D eigenvalue weighted by Gasteiger charge is 2.17. The minimum atomic E-state index is 0.564. The minimum absolute atomic E-state index is 0.564. The molecule has 2 rings (SSSR count). The van der Waals surface area contributed by atoms with E-state index in [-0.39, 0.29) is 0 Å². The highest BCUT2D eigenvalue weighted by atomic mass is 35.5. The lowest BCUT2D eigenvalue weighted by Crippen LogP contribution is -2.37. The van der Waals surface area contributed by atoms with E-state index >= 15 is 0 Å². The smallest absolute Gasteiger partial charge is 0.139 e. The standard InChI is InChI=1S/C14H21ClN2O/c1-3-11-10-17(8-4-7-16-11)12-5-6-13(15)14(9-12)18-2/h5-6,9,11,16H,3-4,7-8,10H2,1-2H3. The lowest BCUT2D eigenvalue weighted by Gasteiger charge is -2.26. The Balaban J connectivity index is 2.18. The molecule has 1 aromatic rings.